The largest absolute Gasteiger partial charge is 0.356 e. The summed E-state index contributed by atoms with van der Waals surface area (Å²) in [5, 5.41) is -4.38. The zero-order valence-corrected chi connectivity index (χ0v) is 6.67. The summed E-state index contributed by atoms with van der Waals surface area (Å²) in [6, 6.07) is 5.41. The fourth-order valence-corrected chi connectivity index (χ4v) is 0.903. The highest BCUT2D eigenvalue weighted by atomic mass is 19.4. The van der Waals surface area contributed by atoms with Crippen molar-refractivity contribution in [3.05, 3.63) is 35.9 Å². The van der Waals surface area contributed by atoms with Crippen LogP contribution in [0.4, 0.5) is 22.3 Å². The van der Waals surface area contributed by atoms with Gasteiger partial charge in [-0.15, -0.1) is 0 Å². The Balaban J connectivity index is 3.13. The predicted molar refractivity (Wildman–Crippen MR) is 37.3 cm³/mol. The minimum Gasteiger partial charge on any atom is -0.191 e. The van der Waals surface area contributed by atoms with Gasteiger partial charge in [-0.3, -0.25) is 0 Å². The van der Waals surface area contributed by atoms with Gasteiger partial charge in [0.25, 0.3) is 0 Å². The number of hydrogen-bond donors (Lipinski definition) is 0. The first kappa shape index (κ1) is 10.9. The van der Waals surface area contributed by atoms with Crippen LogP contribution in [0.15, 0.2) is 30.3 Å². The molecule has 0 amide bonds. The molecular weight excluding hydrogens is 207 g/mol. The molecule has 1 rings (SSSR count). The molecule has 7 heteroatoms. The first-order valence-corrected chi connectivity index (χ1v) is 3.47. The Morgan fingerprint density at radius 2 is 1.29 bits per heavy atom. The van der Waals surface area contributed by atoms with E-state index in [9.17, 15) is 22.3 Å². The van der Waals surface area contributed by atoms with Crippen LogP contribution in [0.5, 0.6) is 0 Å². The highest BCUT2D eigenvalue weighted by molar-refractivity contribution is 5.19. The summed E-state index contributed by atoms with van der Waals surface area (Å²) in [7, 11) is 0. The molecule has 0 aliphatic carbocycles. The van der Waals surface area contributed by atoms with Gasteiger partial charge in [-0.2, -0.15) is 4.39 Å². The van der Waals surface area contributed by atoms with Crippen LogP contribution in [-0.4, -0.2) is 10.7 Å². The molecule has 2 nitrogen and oxygen atoms in total. The quantitative estimate of drug-likeness (QED) is 0.329. The molecule has 0 atom stereocenters. The van der Waals surface area contributed by atoms with Crippen molar-refractivity contribution in [1.82, 2.24) is 10.7 Å². The van der Waals surface area contributed by atoms with Gasteiger partial charge in [0, 0.05) is 5.56 Å². The highest BCUT2D eigenvalue weighted by Crippen LogP contribution is 2.35. The molecule has 0 fully saturated rings. The fraction of sp³-hybridized carbons (Fsp3) is 0.143. The van der Waals surface area contributed by atoms with Crippen molar-refractivity contribution in [2.45, 2.75) is 5.92 Å². The van der Waals surface area contributed by atoms with Crippen molar-refractivity contribution in [3.8, 4) is 0 Å². The molecule has 78 valence electrons. The Morgan fingerprint density at radius 3 is 1.64 bits per heavy atom. The van der Waals surface area contributed by atoms with Crippen LogP contribution in [0.1, 0.15) is 5.56 Å². The van der Waals surface area contributed by atoms with E-state index in [0.717, 1.165) is 12.1 Å². The summed E-state index contributed by atoms with van der Waals surface area (Å²) < 4.78 is 60.9. The molecule has 14 heavy (non-hydrogen) atoms. The Kier molecular flexibility index (Phi) is 3.02. The Bertz CT molecular complexity index is 281. The van der Waals surface area contributed by atoms with Gasteiger partial charge in [0.05, 0.1) is 10.7 Å². The SMILES string of the molecule is FN(F)C(F)(c1ccccc1)N(F)F. The molecule has 0 bridgehead atoms. The van der Waals surface area contributed by atoms with E-state index in [-0.39, 0.29) is 0 Å². The smallest absolute Gasteiger partial charge is 0.191 e. The van der Waals surface area contributed by atoms with E-state index < -0.39 is 22.2 Å². The Morgan fingerprint density at radius 1 is 0.857 bits per heavy atom. The summed E-state index contributed by atoms with van der Waals surface area (Å²) >= 11 is 0. The van der Waals surface area contributed by atoms with Gasteiger partial charge >= 0.3 is 5.92 Å². The lowest BCUT2D eigenvalue weighted by Crippen LogP contribution is -2.41. The maximum absolute atomic E-state index is 13.1. The van der Waals surface area contributed by atoms with E-state index >= 15 is 0 Å². The van der Waals surface area contributed by atoms with Crippen LogP contribution in [0.3, 0.4) is 0 Å². The summed E-state index contributed by atoms with van der Waals surface area (Å²) in [4.78, 5) is 0. The lowest BCUT2D eigenvalue weighted by atomic mass is 10.1. The third kappa shape index (κ3) is 1.68. The number of benzene rings is 1. The predicted octanol–water partition coefficient (Wildman–Crippen LogP) is 2.91. The zero-order chi connectivity index (χ0) is 10.8. The van der Waals surface area contributed by atoms with E-state index in [2.05, 4.69) is 0 Å². The maximum atomic E-state index is 13.1. The molecule has 0 saturated carbocycles. The molecule has 0 aromatic heterocycles. The van der Waals surface area contributed by atoms with E-state index in [1.165, 1.54) is 18.2 Å². The van der Waals surface area contributed by atoms with Gasteiger partial charge < -0.3 is 0 Å². The van der Waals surface area contributed by atoms with Crippen molar-refractivity contribution in [2.24, 2.45) is 0 Å². The number of alkyl halides is 1. The summed E-state index contributed by atoms with van der Waals surface area (Å²) in [6.07, 6.45) is 0. The van der Waals surface area contributed by atoms with Crippen LogP contribution < -0.4 is 0 Å². The molecule has 0 unspecified atom stereocenters. The standard InChI is InChI=1S/C7H5F5N2/c8-7(13(9)10,14(11)12)6-4-2-1-3-5-6/h1-5H. The first-order valence-electron chi connectivity index (χ1n) is 3.47. The van der Waals surface area contributed by atoms with Crippen molar-refractivity contribution in [2.75, 3.05) is 0 Å². The van der Waals surface area contributed by atoms with Crippen molar-refractivity contribution in [1.29, 1.82) is 0 Å². The highest BCUT2D eigenvalue weighted by Gasteiger charge is 2.50. The number of rotatable bonds is 3. The van der Waals surface area contributed by atoms with E-state index in [1.54, 1.807) is 0 Å². The minimum atomic E-state index is -4.21. The van der Waals surface area contributed by atoms with Gasteiger partial charge in [-0.1, -0.05) is 48.3 Å². The van der Waals surface area contributed by atoms with Crippen molar-refractivity contribution >= 4 is 0 Å². The van der Waals surface area contributed by atoms with Crippen LogP contribution in [0.2, 0.25) is 0 Å². The third-order valence-electron chi connectivity index (χ3n) is 1.59. The molecule has 0 aliphatic rings. The second kappa shape index (κ2) is 3.89. The van der Waals surface area contributed by atoms with E-state index in [1.807, 2.05) is 0 Å². The lowest BCUT2D eigenvalue weighted by molar-refractivity contribution is -0.427. The zero-order valence-electron chi connectivity index (χ0n) is 6.67. The van der Waals surface area contributed by atoms with Gasteiger partial charge in [-0.25, -0.2) is 0 Å². The normalized spacial score (nSPS) is 12.5. The molecule has 0 radical (unpaired) electrons. The number of nitrogens with zero attached hydrogens (tertiary/aromatic N) is 2. The second-order valence-electron chi connectivity index (χ2n) is 2.42. The fourth-order valence-electron chi connectivity index (χ4n) is 0.903. The monoisotopic (exact) mass is 212 g/mol. The van der Waals surface area contributed by atoms with Crippen molar-refractivity contribution in [3.63, 3.8) is 0 Å². The first-order chi connectivity index (χ1) is 6.49. The maximum Gasteiger partial charge on any atom is 0.356 e. The molecule has 0 N–H and O–H groups in total. The van der Waals surface area contributed by atoms with Crippen LogP contribution in [0.25, 0.3) is 0 Å². The van der Waals surface area contributed by atoms with E-state index in [0.29, 0.717) is 0 Å². The molecule has 0 saturated heterocycles. The Labute approximate surface area is 75.9 Å². The molecule has 0 heterocycles. The van der Waals surface area contributed by atoms with Gasteiger partial charge in [-0.05, 0) is 0 Å². The van der Waals surface area contributed by atoms with Crippen LogP contribution >= 0.6 is 0 Å². The summed E-state index contributed by atoms with van der Waals surface area (Å²) in [6.45, 7) is 0. The number of halogens is 5. The number of hydrogen-bond acceptors (Lipinski definition) is 2. The van der Waals surface area contributed by atoms with Gasteiger partial charge in [0.15, 0.2) is 0 Å². The third-order valence-corrected chi connectivity index (χ3v) is 1.59. The average molecular weight is 212 g/mol. The topological polar surface area (TPSA) is 6.48 Å². The molecule has 0 aliphatic heterocycles. The molecular formula is C7H5F5N2. The second-order valence-corrected chi connectivity index (χ2v) is 2.42. The van der Waals surface area contributed by atoms with Gasteiger partial charge in [0.2, 0.25) is 0 Å². The van der Waals surface area contributed by atoms with Crippen LogP contribution in [-0.2, 0) is 5.92 Å². The van der Waals surface area contributed by atoms with E-state index in [4.69, 9.17) is 0 Å². The Hall–Kier alpha value is -1.21. The molecule has 0 spiro atoms. The lowest BCUT2D eigenvalue weighted by Gasteiger charge is -2.24. The summed E-state index contributed by atoms with van der Waals surface area (Å²) in [5.41, 5.74) is -0.852. The average Bonchev–Trinajstić information content (AvgIpc) is 2.17. The van der Waals surface area contributed by atoms with Gasteiger partial charge in [0.1, 0.15) is 0 Å². The molecule has 1 aromatic rings. The molecule has 1 aromatic carbocycles. The summed E-state index contributed by atoms with van der Waals surface area (Å²) in [5.74, 6) is -4.21. The van der Waals surface area contributed by atoms with Crippen molar-refractivity contribution < 1.29 is 22.3 Å². The minimum absolute atomic E-state index is 0.832. The van der Waals surface area contributed by atoms with Crippen LogP contribution in [0, 0.1) is 0 Å².